The molecule has 0 radical (unpaired) electrons. The highest BCUT2D eigenvalue weighted by Gasteiger charge is 2.23. The molecule has 0 heterocycles. The number of hydrogen-bond acceptors (Lipinski definition) is 3. The van der Waals surface area contributed by atoms with E-state index in [4.69, 9.17) is 9.84 Å². The molecule has 0 spiro atoms. The number of carbonyl (C=O) groups excluding carboxylic acids is 1. The van der Waals surface area contributed by atoms with Crippen molar-refractivity contribution in [1.82, 2.24) is 5.32 Å². The minimum atomic E-state index is -0.981. The summed E-state index contributed by atoms with van der Waals surface area (Å²) in [4.78, 5) is 22.8. The van der Waals surface area contributed by atoms with Crippen LogP contribution in [-0.4, -0.2) is 22.8 Å². The summed E-state index contributed by atoms with van der Waals surface area (Å²) < 4.78 is 6.06. The molecule has 1 unspecified atom stereocenters. The molecule has 0 saturated heterocycles. The van der Waals surface area contributed by atoms with E-state index in [2.05, 4.69) is 27.9 Å². The molecule has 0 saturated carbocycles. The normalized spacial score (nSPS) is 12.6. The summed E-state index contributed by atoms with van der Waals surface area (Å²) in [5.74, 6) is -0.981. The number of aliphatic carboxylic acids is 1. The molecule has 20 heavy (non-hydrogen) atoms. The van der Waals surface area contributed by atoms with Crippen LogP contribution in [0.15, 0.2) is 24.3 Å². The Hall–Kier alpha value is -1.31. The molecule has 0 aliphatic heterocycles. The van der Waals surface area contributed by atoms with Crippen LogP contribution in [-0.2, 0) is 9.53 Å². The van der Waals surface area contributed by atoms with E-state index in [0.717, 1.165) is 9.13 Å². The molecular weight excluding hydrogens is 373 g/mol. The molecule has 6 heteroatoms. The van der Waals surface area contributed by atoms with Gasteiger partial charge in [0.05, 0.1) is 12.5 Å². The fraction of sp³-hybridized carbons (Fsp3) is 0.429. The van der Waals surface area contributed by atoms with Crippen molar-refractivity contribution in [3.8, 4) is 0 Å². The third-order valence-corrected chi connectivity index (χ3v) is 3.33. The van der Waals surface area contributed by atoms with E-state index in [1.165, 1.54) is 0 Å². The Morgan fingerprint density at radius 2 is 1.95 bits per heavy atom. The van der Waals surface area contributed by atoms with Crippen LogP contribution in [0.5, 0.6) is 0 Å². The zero-order valence-corrected chi connectivity index (χ0v) is 13.8. The quantitative estimate of drug-likeness (QED) is 0.773. The Labute approximate surface area is 131 Å². The Balaban J connectivity index is 2.88. The summed E-state index contributed by atoms with van der Waals surface area (Å²) >= 11 is 2.11. The standard InChI is InChI=1S/C14H18INO4/c1-14(2,3)20-13(19)16-11(8-12(17)18)9-6-4-5-7-10(9)15/h4-7,11H,8H2,1-3H3,(H,16,19)(H,17,18). The van der Waals surface area contributed by atoms with Gasteiger partial charge >= 0.3 is 12.1 Å². The number of ether oxygens (including phenoxy) is 1. The van der Waals surface area contributed by atoms with Crippen LogP contribution < -0.4 is 5.32 Å². The molecular formula is C14H18INO4. The fourth-order valence-corrected chi connectivity index (χ4v) is 2.38. The topological polar surface area (TPSA) is 75.6 Å². The van der Waals surface area contributed by atoms with Crippen molar-refractivity contribution >= 4 is 34.7 Å². The van der Waals surface area contributed by atoms with Crippen LogP contribution in [0.4, 0.5) is 4.79 Å². The first-order chi connectivity index (χ1) is 9.19. The van der Waals surface area contributed by atoms with Gasteiger partial charge in [0.1, 0.15) is 5.60 Å². The molecule has 110 valence electrons. The average Bonchev–Trinajstić information content (AvgIpc) is 2.25. The lowest BCUT2D eigenvalue weighted by Crippen LogP contribution is -2.36. The minimum Gasteiger partial charge on any atom is -0.481 e. The Morgan fingerprint density at radius 3 is 2.45 bits per heavy atom. The van der Waals surface area contributed by atoms with E-state index in [0.29, 0.717) is 0 Å². The molecule has 1 aromatic carbocycles. The van der Waals surface area contributed by atoms with Crippen LogP contribution in [0.25, 0.3) is 0 Å². The fourth-order valence-electron chi connectivity index (χ4n) is 1.62. The zero-order chi connectivity index (χ0) is 15.3. The Bertz CT molecular complexity index is 496. The smallest absolute Gasteiger partial charge is 0.408 e. The molecule has 5 nitrogen and oxygen atoms in total. The van der Waals surface area contributed by atoms with Crippen molar-refractivity contribution in [3.05, 3.63) is 33.4 Å². The van der Waals surface area contributed by atoms with Crippen LogP contribution in [0.3, 0.4) is 0 Å². The van der Waals surface area contributed by atoms with Crippen LogP contribution in [0.2, 0.25) is 0 Å². The first-order valence-corrected chi connectivity index (χ1v) is 7.22. The Kier molecular flexibility index (Phi) is 5.79. The summed E-state index contributed by atoms with van der Waals surface area (Å²) in [5, 5.41) is 11.6. The highest BCUT2D eigenvalue weighted by Crippen LogP contribution is 2.23. The predicted molar refractivity (Wildman–Crippen MR) is 83.5 cm³/mol. The lowest BCUT2D eigenvalue weighted by Gasteiger charge is -2.23. The number of alkyl carbamates (subject to hydrolysis) is 1. The number of halogens is 1. The predicted octanol–water partition coefficient (Wildman–Crippen LogP) is 3.33. The lowest BCUT2D eigenvalue weighted by molar-refractivity contribution is -0.137. The number of amides is 1. The van der Waals surface area contributed by atoms with Crippen molar-refractivity contribution < 1.29 is 19.4 Å². The second-order valence-electron chi connectivity index (χ2n) is 5.32. The van der Waals surface area contributed by atoms with Crippen LogP contribution >= 0.6 is 22.6 Å². The molecule has 1 aromatic rings. The van der Waals surface area contributed by atoms with Gasteiger partial charge in [-0.25, -0.2) is 4.79 Å². The number of carboxylic acid groups (broad SMARTS) is 1. The number of carboxylic acids is 1. The van der Waals surface area contributed by atoms with E-state index in [-0.39, 0.29) is 6.42 Å². The summed E-state index contributed by atoms with van der Waals surface area (Å²) in [6, 6.07) is 6.71. The number of hydrogen-bond donors (Lipinski definition) is 2. The van der Waals surface area contributed by atoms with Crippen molar-refractivity contribution in [3.63, 3.8) is 0 Å². The van der Waals surface area contributed by atoms with Gasteiger partial charge in [-0.3, -0.25) is 4.79 Å². The summed E-state index contributed by atoms with van der Waals surface area (Å²) in [5.41, 5.74) is 0.142. The highest BCUT2D eigenvalue weighted by atomic mass is 127. The summed E-state index contributed by atoms with van der Waals surface area (Å²) in [7, 11) is 0. The average molecular weight is 391 g/mol. The third-order valence-electron chi connectivity index (χ3n) is 2.35. The maximum Gasteiger partial charge on any atom is 0.408 e. The zero-order valence-electron chi connectivity index (χ0n) is 11.6. The van der Waals surface area contributed by atoms with Gasteiger partial charge in [-0.05, 0) is 55.0 Å². The van der Waals surface area contributed by atoms with Crippen LogP contribution in [0.1, 0.15) is 38.8 Å². The maximum absolute atomic E-state index is 11.8. The lowest BCUT2D eigenvalue weighted by atomic mass is 10.0. The second-order valence-corrected chi connectivity index (χ2v) is 6.48. The molecule has 0 aromatic heterocycles. The highest BCUT2D eigenvalue weighted by molar-refractivity contribution is 14.1. The van der Waals surface area contributed by atoms with Gasteiger partial charge in [0.15, 0.2) is 0 Å². The van der Waals surface area contributed by atoms with Gasteiger partial charge in [-0.2, -0.15) is 0 Å². The molecule has 0 bridgehead atoms. The number of benzene rings is 1. The van der Waals surface area contributed by atoms with Gasteiger partial charge in [-0.15, -0.1) is 0 Å². The van der Waals surface area contributed by atoms with Gasteiger partial charge in [0.25, 0.3) is 0 Å². The number of nitrogens with one attached hydrogen (secondary N) is 1. The molecule has 0 aliphatic rings. The van der Waals surface area contributed by atoms with E-state index < -0.39 is 23.7 Å². The third kappa shape index (κ3) is 5.77. The summed E-state index contributed by atoms with van der Waals surface area (Å²) in [6.45, 7) is 5.27. The molecule has 1 amide bonds. The maximum atomic E-state index is 11.8. The Morgan fingerprint density at radius 1 is 1.35 bits per heavy atom. The number of rotatable bonds is 4. The first kappa shape index (κ1) is 16.7. The van der Waals surface area contributed by atoms with Gasteiger partial charge in [0.2, 0.25) is 0 Å². The van der Waals surface area contributed by atoms with E-state index in [9.17, 15) is 9.59 Å². The van der Waals surface area contributed by atoms with Crippen LogP contribution in [0, 0.1) is 3.57 Å². The van der Waals surface area contributed by atoms with E-state index in [1.54, 1.807) is 26.8 Å². The molecule has 2 N–H and O–H groups in total. The first-order valence-electron chi connectivity index (χ1n) is 6.15. The molecule has 0 aliphatic carbocycles. The molecule has 1 atom stereocenters. The van der Waals surface area contributed by atoms with Crippen molar-refractivity contribution in [2.75, 3.05) is 0 Å². The minimum absolute atomic E-state index is 0.195. The van der Waals surface area contributed by atoms with Crippen molar-refractivity contribution in [1.29, 1.82) is 0 Å². The SMILES string of the molecule is CC(C)(C)OC(=O)NC(CC(=O)O)c1ccccc1I. The van der Waals surface area contributed by atoms with Gasteiger partial charge in [0, 0.05) is 3.57 Å². The molecule has 1 rings (SSSR count). The largest absolute Gasteiger partial charge is 0.481 e. The monoisotopic (exact) mass is 391 g/mol. The second kappa shape index (κ2) is 6.92. The number of carbonyl (C=O) groups is 2. The van der Waals surface area contributed by atoms with Crippen molar-refractivity contribution in [2.24, 2.45) is 0 Å². The van der Waals surface area contributed by atoms with E-state index >= 15 is 0 Å². The van der Waals surface area contributed by atoms with Gasteiger partial charge < -0.3 is 15.2 Å². The van der Waals surface area contributed by atoms with Crippen molar-refractivity contribution in [2.45, 2.75) is 38.8 Å². The van der Waals surface area contributed by atoms with E-state index in [1.807, 2.05) is 18.2 Å². The molecule has 0 fully saturated rings. The summed E-state index contributed by atoms with van der Waals surface area (Å²) in [6.07, 6.45) is -0.817. The van der Waals surface area contributed by atoms with Gasteiger partial charge in [-0.1, -0.05) is 18.2 Å².